The van der Waals surface area contributed by atoms with Gasteiger partial charge in [0.25, 0.3) is 0 Å². The Bertz CT molecular complexity index is 1970. The molecule has 1 saturated carbocycles. The van der Waals surface area contributed by atoms with E-state index in [9.17, 15) is 15.0 Å². The van der Waals surface area contributed by atoms with Crippen LogP contribution in [0.1, 0.15) is 89.0 Å². The van der Waals surface area contributed by atoms with Gasteiger partial charge < -0.3 is 38.7 Å². The maximum Gasteiger partial charge on any atom is 0.410 e. The van der Waals surface area contributed by atoms with E-state index in [2.05, 4.69) is 43.0 Å². The van der Waals surface area contributed by atoms with Gasteiger partial charge in [0.2, 0.25) is 12.1 Å². The maximum absolute atomic E-state index is 14.2. The van der Waals surface area contributed by atoms with Gasteiger partial charge in [0, 0.05) is 44.1 Å². The van der Waals surface area contributed by atoms with Crippen molar-refractivity contribution in [1.29, 1.82) is 0 Å². The molecule has 7 rings (SSSR count). The lowest BCUT2D eigenvalue weighted by molar-refractivity contribution is -0.255. The van der Waals surface area contributed by atoms with Crippen LogP contribution in [0.5, 0.6) is 17.2 Å². The summed E-state index contributed by atoms with van der Waals surface area (Å²) in [6, 6.07) is 23.6. The second kappa shape index (κ2) is 22.3. The fourth-order valence-corrected chi connectivity index (χ4v) is 10.0. The zero-order valence-corrected chi connectivity index (χ0v) is 36.8. The standard InChI is InChI=1S/C50H63ClN2O9/c1-3-26-53(49(56)58-31-25-51)45-34-43(52-62-46-18-10-13-30-57-46)41-32-37(16-8-11-27-54)40(17-9-12-28-55)47-42-33-39(23-24-44(42)61-50(45,48(41)47)59-29-4-2)60-38-21-19-36(20-22-38)35-14-6-5-7-15-35/h4-7,14-15,19-24,32-33,37,40,45-48,54-55H,2-3,8-13,16-18,25-31,34H2,1H3. The summed E-state index contributed by atoms with van der Waals surface area (Å²) in [6.45, 7) is 7.46. The molecule has 1 saturated heterocycles. The number of carbonyl (C=O) groups excluding carboxylic acids is 1. The minimum Gasteiger partial charge on any atom is -0.459 e. The normalized spacial score (nSPS) is 25.7. The Labute approximate surface area is 371 Å². The van der Waals surface area contributed by atoms with Gasteiger partial charge in [0.1, 0.15) is 29.9 Å². The largest absolute Gasteiger partial charge is 0.459 e. The number of amides is 1. The lowest BCUT2D eigenvalue weighted by Crippen LogP contribution is -2.70. The second-order valence-electron chi connectivity index (χ2n) is 16.7. The van der Waals surface area contributed by atoms with Crippen LogP contribution in [0.2, 0.25) is 0 Å². The first kappa shape index (κ1) is 45.6. The van der Waals surface area contributed by atoms with E-state index in [1.54, 1.807) is 11.0 Å². The highest BCUT2D eigenvalue weighted by atomic mass is 35.5. The van der Waals surface area contributed by atoms with Crippen LogP contribution in [0, 0.1) is 17.8 Å². The summed E-state index contributed by atoms with van der Waals surface area (Å²) in [7, 11) is 0. The summed E-state index contributed by atoms with van der Waals surface area (Å²) >= 11 is 6.05. The molecule has 2 fully saturated rings. The molecule has 0 aromatic heterocycles. The molecule has 2 aliphatic heterocycles. The van der Waals surface area contributed by atoms with Gasteiger partial charge in [-0.1, -0.05) is 79.5 Å². The third-order valence-electron chi connectivity index (χ3n) is 12.6. The maximum atomic E-state index is 14.2. The van der Waals surface area contributed by atoms with E-state index < -0.39 is 30.1 Å². The van der Waals surface area contributed by atoms with Gasteiger partial charge in [-0.15, -0.1) is 18.2 Å². The molecule has 334 valence electrons. The van der Waals surface area contributed by atoms with Crippen LogP contribution in [0.15, 0.2) is 102 Å². The number of halogens is 1. The first-order chi connectivity index (χ1) is 30.4. The number of allylic oxidation sites excluding steroid dienone is 1. The third-order valence-corrected chi connectivity index (χ3v) is 12.8. The van der Waals surface area contributed by atoms with Crippen molar-refractivity contribution in [3.8, 4) is 28.4 Å². The lowest BCUT2D eigenvalue weighted by atomic mass is 9.55. The molecule has 7 unspecified atom stereocenters. The molecule has 0 radical (unpaired) electrons. The van der Waals surface area contributed by atoms with Crippen molar-refractivity contribution < 1.29 is 43.5 Å². The zero-order chi connectivity index (χ0) is 43.3. The zero-order valence-electron chi connectivity index (χ0n) is 36.0. The number of alkyl halides is 1. The van der Waals surface area contributed by atoms with Crippen LogP contribution in [0.4, 0.5) is 4.79 Å². The second-order valence-corrected chi connectivity index (χ2v) is 17.0. The highest BCUT2D eigenvalue weighted by molar-refractivity contribution is 6.18. The van der Waals surface area contributed by atoms with E-state index >= 15 is 0 Å². The molecular weight excluding hydrogens is 808 g/mol. The van der Waals surface area contributed by atoms with Crippen molar-refractivity contribution in [2.75, 3.05) is 45.5 Å². The molecule has 4 aliphatic rings. The van der Waals surface area contributed by atoms with Crippen molar-refractivity contribution >= 4 is 23.4 Å². The summed E-state index contributed by atoms with van der Waals surface area (Å²) in [5, 5.41) is 24.8. The fraction of sp³-hybridized carbons (Fsp3) is 0.520. The van der Waals surface area contributed by atoms with Gasteiger partial charge in [-0.05, 0) is 104 Å². The number of oxime groups is 1. The molecule has 12 heteroatoms. The van der Waals surface area contributed by atoms with Crippen molar-refractivity contribution in [2.45, 2.75) is 102 Å². The minimum absolute atomic E-state index is 0.0536. The number of benzene rings is 3. The van der Waals surface area contributed by atoms with E-state index in [0.717, 1.165) is 67.2 Å². The number of ether oxygens (including phenoxy) is 5. The molecule has 11 nitrogen and oxygen atoms in total. The van der Waals surface area contributed by atoms with Gasteiger partial charge in [0.05, 0.1) is 30.7 Å². The first-order valence-electron chi connectivity index (χ1n) is 22.6. The number of aliphatic hydroxyl groups is 2. The molecule has 3 aromatic carbocycles. The van der Waals surface area contributed by atoms with Crippen LogP contribution < -0.4 is 9.47 Å². The fourth-order valence-electron chi connectivity index (χ4n) is 9.93. The molecule has 7 atom stereocenters. The van der Waals surface area contributed by atoms with Crippen LogP contribution in [-0.4, -0.2) is 90.5 Å². The van der Waals surface area contributed by atoms with E-state index in [0.29, 0.717) is 55.4 Å². The minimum atomic E-state index is -1.39. The van der Waals surface area contributed by atoms with Crippen molar-refractivity contribution in [3.63, 3.8) is 0 Å². The molecule has 1 amide bonds. The predicted molar refractivity (Wildman–Crippen MR) is 241 cm³/mol. The Morgan fingerprint density at radius 2 is 1.74 bits per heavy atom. The van der Waals surface area contributed by atoms with Crippen molar-refractivity contribution in [3.05, 3.63) is 103 Å². The summed E-state index contributed by atoms with van der Waals surface area (Å²) in [5.41, 5.74) is 4.87. The van der Waals surface area contributed by atoms with Crippen molar-refractivity contribution in [2.24, 2.45) is 22.9 Å². The Hall–Kier alpha value is -4.39. The number of unbranched alkanes of at least 4 members (excludes halogenated alkanes) is 2. The molecule has 2 N–H and O–H groups in total. The quantitative estimate of drug-likeness (QED) is 0.0465. The van der Waals surface area contributed by atoms with Gasteiger partial charge in [-0.2, -0.15) is 0 Å². The Balaban J connectivity index is 1.39. The number of carbonyl (C=O) groups is 1. The topological polar surface area (TPSA) is 129 Å². The number of fused-ring (bicyclic) bond motifs is 2. The molecule has 3 aromatic rings. The molecular formula is C50H63ClN2O9. The smallest absolute Gasteiger partial charge is 0.410 e. The SMILES string of the molecule is C=CCOC12Oc3ccc(Oc4ccc(-c5ccccc5)cc4)cc3C3C(CCCCO)C(CCCCO)C=C(C(=NOC4CCCCO4)CC1N(CCC)C(=O)OCCCl)C32. The molecule has 0 spiro atoms. The van der Waals surface area contributed by atoms with Crippen LogP contribution in [-0.2, 0) is 19.0 Å². The van der Waals surface area contributed by atoms with E-state index in [1.165, 1.54) is 0 Å². The number of hydrogen-bond donors (Lipinski definition) is 2. The number of aliphatic hydroxyl groups excluding tert-OH is 2. The van der Waals surface area contributed by atoms with Gasteiger partial charge in [0.15, 0.2) is 0 Å². The average molecular weight is 872 g/mol. The summed E-state index contributed by atoms with van der Waals surface area (Å²) in [6.07, 6.45) is 11.3. The van der Waals surface area contributed by atoms with Crippen LogP contribution in [0.25, 0.3) is 11.1 Å². The Morgan fingerprint density at radius 3 is 2.45 bits per heavy atom. The highest BCUT2D eigenvalue weighted by Crippen LogP contribution is 2.62. The van der Waals surface area contributed by atoms with Crippen LogP contribution in [0.3, 0.4) is 0 Å². The predicted octanol–water partition coefficient (Wildman–Crippen LogP) is 10.4. The molecule has 62 heavy (non-hydrogen) atoms. The third kappa shape index (κ3) is 10.3. The number of rotatable bonds is 21. The highest BCUT2D eigenvalue weighted by Gasteiger charge is 2.65. The van der Waals surface area contributed by atoms with Gasteiger partial charge in [-0.3, -0.25) is 4.90 Å². The van der Waals surface area contributed by atoms with E-state index in [1.807, 2.05) is 49.4 Å². The Kier molecular flexibility index (Phi) is 16.4. The number of nitrogens with zero attached hydrogens (tertiary/aromatic N) is 2. The molecule has 0 bridgehead atoms. The van der Waals surface area contributed by atoms with Crippen LogP contribution >= 0.6 is 11.6 Å². The van der Waals surface area contributed by atoms with E-state index in [4.69, 9.17) is 45.3 Å². The summed E-state index contributed by atoms with van der Waals surface area (Å²) in [4.78, 5) is 22.2. The summed E-state index contributed by atoms with van der Waals surface area (Å²) in [5.74, 6) is 0.266. The summed E-state index contributed by atoms with van der Waals surface area (Å²) < 4.78 is 32.8. The lowest BCUT2D eigenvalue weighted by Gasteiger charge is -2.60. The average Bonchev–Trinajstić information content (AvgIpc) is 3.30. The van der Waals surface area contributed by atoms with Gasteiger partial charge >= 0.3 is 6.09 Å². The van der Waals surface area contributed by atoms with Gasteiger partial charge in [-0.25, -0.2) is 4.79 Å². The molecule has 2 heterocycles. The Morgan fingerprint density at radius 1 is 0.984 bits per heavy atom. The molecule has 2 aliphatic carbocycles. The first-order valence-corrected chi connectivity index (χ1v) is 23.2. The monoisotopic (exact) mass is 870 g/mol. The number of hydrogen-bond acceptors (Lipinski definition) is 10. The van der Waals surface area contributed by atoms with Crippen molar-refractivity contribution in [1.82, 2.24) is 4.90 Å². The van der Waals surface area contributed by atoms with E-state index in [-0.39, 0.29) is 56.5 Å².